The highest BCUT2D eigenvalue weighted by molar-refractivity contribution is 9.10. The van der Waals surface area contributed by atoms with E-state index in [1.807, 2.05) is 0 Å². The molecule has 0 aliphatic heterocycles. The summed E-state index contributed by atoms with van der Waals surface area (Å²) in [6, 6.07) is 7.75. The normalized spacial score (nSPS) is 11.3. The zero-order valence-electron chi connectivity index (χ0n) is 10.2. The molecule has 20 heavy (non-hydrogen) atoms. The Kier molecular flexibility index (Phi) is 4.64. The van der Waals surface area contributed by atoms with Crippen molar-refractivity contribution >= 4 is 43.4 Å². The van der Waals surface area contributed by atoms with Crippen molar-refractivity contribution in [2.45, 2.75) is 11.4 Å². The van der Waals surface area contributed by atoms with Crippen LogP contribution in [0, 0.1) is 0 Å². The molecule has 1 heterocycles. The molecule has 0 aliphatic rings. The lowest BCUT2D eigenvalue weighted by Gasteiger charge is -2.10. The van der Waals surface area contributed by atoms with Crippen LogP contribution >= 0.6 is 27.5 Å². The van der Waals surface area contributed by atoms with Gasteiger partial charge in [-0.2, -0.15) is 0 Å². The SMILES string of the molecule is NCc1cc(S(=O)(=O)Nc2ncccc2Br)ccc1Cl. The second-order valence-electron chi connectivity index (χ2n) is 3.90. The second-order valence-corrected chi connectivity index (χ2v) is 6.84. The zero-order valence-corrected chi connectivity index (χ0v) is 13.3. The van der Waals surface area contributed by atoms with E-state index in [1.54, 1.807) is 12.1 Å². The van der Waals surface area contributed by atoms with Gasteiger partial charge in [-0.05, 0) is 51.8 Å². The third kappa shape index (κ3) is 3.29. The fourth-order valence-corrected chi connectivity index (χ4v) is 3.28. The van der Waals surface area contributed by atoms with E-state index in [2.05, 4.69) is 25.6 Å². The van der Waals surface area contributed by atoms with Crippen molar-refractivity contribution in [3.8, 4) is 0 Å². The predicted molar refractivity (Wildman–Crippen MR) is 82.1 cm³/mol. The van der Waals surface area contributed by atoms with Crippen LogP contribution in [0.15, 0.2) is 45.9 Å². The lowest BCUT2D eigenvalue weighted by Crippen LogP contribution is -2.15. The minimum atomic E-state index is -3.74. The van der Waals surface area contributed by atoms with E-state index in [1.165, 1.54) is 24.4 Å². The molecule has 0 bridgehead atoms. The van der Waals surface area contributed by atoms with E-state index in [4.69, 9.17) is 17.3 Å². The molecule has 2 aromatic rings. The van der Waals surface area contributed by atoms with Gasteiger partial charge in [0.1, 0.15) is 0 Å². The molecular weight excluding hydrogens is 366 g/mol. The Morgan fingerprint density at radius 3 is 2.75 bits per heavy atom. The number of benzene rings is 1. The molecule has 0 aliphatic carbocycles. The Morgan fingerprint density at radius 2 is 2.10 bits per heavy atom. The maximum Gasteiger partial charge on any atom is 0.263 e. The van der Waals surface area contributed by atoms with Gasteiger partial charge in [0, 0.05) is 17.8 Å². The van der Waals surface area contributed by atoms with Crippen LogP contribution in [-0.4, -0.2) is 13.4 Å². The molecule has 106 valence electrons. The average molecular weight is 377 g/mol. The van der Waals surface area contributed by atoms with Gasteiger partial charge in [0.25, 0.3) is 10.0 Å². The van der Waals surface area contributed by atoms with E-state index >= 15 is 0 Å². The zero-order chi connectivity index (χ0) is 14.8. The third-order valence-corrected chi connectivity index (χ3v) is 4.88. The first kappa shape index (κ1) is 15.2. The number of hydrogen-bond donors (Lipinski definition) is 2. The number of pyridine rings is 1. The van der Waals surface area contributed by atoms with Crippen molar-refractivity contribution in [1.29, 1.82) is 0 Å². The highest BCUT2D eigenvalue weighted by Crippen LogP contribution is 2.24. The molecule has 8 heteroatoms. The van der Waals surface area contributed by atoms with Crippen LogP contribution in [0.5, 0.6) is 0 Å². The van der Waals surface area contributed by atoms with Crippen molar-refractivity contribution in [2.75, 3.05) is 4.72 Å². The van der Waals surface area contributed by atoms with Gasteiger partial charge in [-0.3, -0.25) is 4.72 Å². The largest absolute Gasteiger partial charge is 0.326 e. The first-order valence-electron chi connectivity index (χ1n) is 5.56. The van der Waals surface area contributed by atoms with Crippen LogP contribution in [0.3, 0.4) is 0 Å². The van der Waals surface area contributed by atoms with Crippen LogP contribution in [0.4, 0.5) is 5.82 Å². The molecule has 0 saturated heterocycles. The number of hydrogen-bond acceptors (Lipinski definition) is 4. The summed E-state index contributed by atoms with van der Waals surface area (Å²) in [5, 5.41) is 0.436. The third-order valence-electron chi connectivity index (χ3n) is 2.54. The summed E-state index contributed by atoms with van der Waals surface area (Å²) in [5.74, 6) is 0.219. The molecule has 1 aromatic heterocycles. The second kappa shape index (κ2) is 6.09. The standard InChI is InChI=1S/C12H11BrClN3O2S/c13-10-2-1-5-16-12(10)17-20(18,19)9-3-4-11(14)8(6-9)7-15/h1-6H,7,15H2,(H,16,17). The van der Waals surface area contributed by atoms with Crippen molar-refractivity contribution < 1.29 is 8.42 Å². The molecule has 0 spiro atoms. The van der Waals surface area contributed by atoms with Crippen LogP contribution < -0.4 is 10.5 Å². The molecule has 0 radical (unpaired) electrons. The summed E-state index contributed by atoms with van der Waals surface area (Å²) in [4.78, 5) is 4.04. The van der Waals surface area contributed by atoms with Crippen LogP contribution in [0.25, 0.3) is 0 Å². The highest BCUT2D eigenvalue weighted by atomic mass is 79.9. The number of nitrogens with zero attached hydrogens (tertiary/aromatic N) is 1. The number of halogens is 2. The number of rotatable bonds is 4. The number of aromatic nitrogens is 1. The quantitative estimate of drug-likeness (QED) is 0.859. The number of sulfonamides is 1. The molecule has 0 unspecified atom stereocenters. The molecular formula is C12H11BrClN3O2S. The first-order valence-corrected chi connectivity index (χ1v) is 8.21. The topological polar surface area (TPSA) is 85.1 Å². The van der Waals surface area contributed by atoms with Crippen molar-refractivity contribution in [1.82, 2.24) is 4.98 Å². The Labute approximate surface area is 130 Å². The van der Waals surface area contributed by atoms with E-state index in [-0.39, 0.29) is 17.3 Å². The van der Waals surface area contributed by atoms with Gasteiger partial charge in [-0.25, -0.2) is 13.4 Å². The summed E-state index contributed by atoms with van der Waals surface area (Å²) in [6.45, 7) is 0.162. The average Bonchev–Trinajstić information content (AvgIpc) is 2.41. The van der Waals surface area contributed by atoms with Gasteiger partial charge >= 0.3 is 0 Å². The van der Waals surface area contributed by atoms with E-state index < -0.39 is 10.0 Å². The summed E-state index contributed by atoms with van der Waals surface area (Å²) in [5.41, 5.74) is 6.08. The van der Waals surface area contributed by atoms with Gasteiger partial charge < -0.3 is 5.73 Å². The monoisotopic (exact) mass is 375 g/mol. The lowest BCUT2D eigenvalue weighted by molar-refractivity contribution is 0.601. The molecule has 3 N–H and O–H groups in total. The van der Waals surface area contributed by atoms with E-state index in [9.17, 15) is 8.42 Å². The lowest BCUT2D eigenvalue weighted by atomic mass is 10.2. The molecule has 0 amide bonds. The Hall–Kier alpha value is -1.15. The van der Waals surface area contributed by atoms with Gasteiger partial charge in [0.05, 0.1) is 9.37 Å². The van der Waals surface area contributed by atoms with Crippen molar-refractivity contribution in [2.24, 2.45) is 5.73 Å². The highest BCUT2D eigenvalue weighted by Gasteiger charge is 2.17. The van der Waals surface area contributed by atoms with Crippen molar-refractivity contribution in [3.63, 3.8) is 0 Å². The molecule has 0 fully saturated rings. The van der Waals surface area contributed by atoms with Gasteiger partial charge in [0.2, 0.25) is 0 Å². The van der Waals surface area contributed by atoms with E-state index in [0.717, 1.165) is 0 Å². The molecule has 0 saturated carbocycles. The van der Waals surface area contributed by atoms with Crippen LogP contribution in [-0.2, 0) is 16.6 Å². The maximum absolute atomic E-state index is 12.3. The number of nitrogens with one attached hydrogen (secondary N) is 1. The van der Waals surface area contributed by atoms with Crippen LogP contribution in [0.1, 0.15) is 5.56 Å². The fraction of sp³-hybridized carbons (Fsp3) is 0.0833. The minimum absolute atomic E-state index is 0.0832. The first-order chi connectivity index (χ1) is 9.44. The summed E-state index contributed by atoms with van der Waals surface area (Å²) in [6.07, 6.45) is 1.50. The number of anilines is 1. The predicted octanol–water partition coefficient (Wildman–Crippen LogP) is 2.76. The summed E-state index contributed by atoms with van der Waals surface area (Å²) in [7, 11) is -3.74. The van der Waals surface area contributed by atoms with Crippen LogP contribution in [0.2, 0.25) is 5.02 Å². The number of nitrogens with two attached hydrogens (primary N) is 1. The van der Waals surface area contributed by atoms with Gasteiger partial charge in [0.15, 0.2) is 5.82 Å². The Balaban J connectivity index is 2.38. The van der Waals surface area contributed by atoms with Gasteiger partial charge in [-0.15, -0.1) is 0 Å². The van der Waals surface area contributed by atoms with E-state index in [0.29, 0.717) is 15.1 Å². The Bertz CT molecular complexity index is 737. The smallest absolute Gasteiger partial charge is 0.263 e. The van der Waals surface area contributed by atoms with Gasteiger partial charge in [-0.1, -0.05) is 11.6 Å². The molecule has 1 aromatic carbocycles. The van der Waals surface area contributed by atoms with Crippen molar-refractivity contribution in [3.05, 3.63) is 51.6 Å². The molecule has 0 atom stereocenters. The maximum atomic E-state index is 12.3. The summed E-state index contributed by atoms with van der Waals surface area (Å²) >= 11 is 9.15. The minimum Gasteiger partial charge on any atom is -0.326 e. The summed E-state index contributed by atoms with van der Waals surface area (Å²) < 4.78 is 27.5. The fourth-order valence-electron chi connectivity index (χ4n) is 1.52. The Morgan fingerprint density at radius 1 is 1.35 bits per heavy atom. The molecule has 2 rings (SSSR count). The molecule has 5 nitrogen and oxygen atoms in total.